The highest BCUT2D eigenvalue weighted by Gasteiger charge is 2.25. The van der Waals surface area contributed by atoms with Gasteiger partial charge in [-0.25, -0.2) is 0 Å². The second-order valence-electron chi connectivity index (χ2n) is 4.93. The molecule has 2 fully saturated rings. The number of hydrogen-bond acceptors (Lipinski definition) is 3. The van der Waals surface area contributed by atoms with E-state index >= 15 is 0 Å². The highest BCUT2D eigenvalue weighted by molar-refractivity contribution is 5.92. The average Bonchev–Trinajstić information content (AvgIpc) is 3.04. The van der Waals surface area contributed by atoms with Gasteiger partial charge in [-0.05, 0) is 38.3 Å². The number of nitrogens with one attached hydrogen (secondary N) is 2. The summed E-state index contributed by atoms with van der Waals surface area (Å²) in [7, 11) is 0. The number of piperidine rings is 1. The van der Waals surface area contributed by atoms with Gasteiger partial charge in [0.05, 0.1) is 6.04 Å². The molecule has 0 radical (unpaired) electrons. The number of carbonyl (C=O) groups excluding carboxylic acids is 1. The Morgan fingerprint density at radius 3 is 2.94 bits per heavy atom. The van der Waals surface area contributed by atoms with E-state index in [-0.39, 0.29) is 18.3 Å². The van der Waals surface area contributed by atoms with Crippen molar-refractivity contribution in [3.8, 4) is 0 Å². The van der Waals surface area contributed by atoms with E-state index in [0.717, 1.165) is 32.4 Å². The van der Waals surface area contributed by atoms with E-state index in [9.17, 15) is 4.79 Å². The minimum absolute atomic E-state index is 0. The molecule has 5 nitrogen and oxygen atoms in total. The van der Waals surface area contributed by atoms with E-state index in [2.05, 4.69) is 15.7 Å². The van der Waals surface area contributed by atoms with Crippen LogP contribution in [0.4, 0.5) is 0 Å². The smallest absolute Gasteiger partial charge is 0.271 e. The number of nitrogens with zero attached hydrogens (tertiary/aromatic N) is 2. The SMILES string of the molecule is Cl.O=C(NC1CC1)c1ccn(C2CCCNC2)n1. The molecule has 1 aliphatic heterocycles. The maximum atomic E-state index is 11.8. The standard InChI is InChI=1S/C12H18N4O.ClH/c17-12(14-9-3-4-9)11-5-7-16(15-11)10-2-1-6-13-8-10;/h5,7,9-10,13H,1-4,6,8H2,(H,14,17);1H. The molecule has 1 amide bonds. The third kappa shape index (κ3) is 3.03. The summed E-state index contributed by atoms with van der Waals surface area (Å²) in [5, 5.41) is 10.7. The Bertz CT molecular complexity index is 410. The minimum Gasteiger partial charge on any atom is -0.348 e. The Kier molecular flexibility index (Phi) is 4.24. The fourth-order valence-corrected chi connectivity index (χ4v) is 2.21. The summed E-state index contributed by atoms with van der Waals surface area (Å²) in [5.74, 6) is -0.0324. The van der Waals surface area contributed by atoms with Crippen molar-refractivity contribution < 1.29 is 4.79 Å². The summed E-state index contributed by atoms with van der Waals surface area (Å²) >= 11 is 0. The molecule has 0 bridgehead atoms. The minimum atomic E-state index is -0.0324. The van der Waals surface area contributed by atoms with Crippen molar-refractivity contribution in [1.82, 2.24) is 20.4 Å². The predicted molar refractivity (Wildman–Crippen MR) is 71.1 cm³/mol. The summed E-state index contributed by atoms with van der Waals surface area (Å²) < 4.78 is 1.92. The van der Waals surface area contributed by atoms with Crippen LogP contribution in [0.1, 0.15) is 42.2 Å². The van der Waals surface area contributed by atoms with Gasteiger partial charge in [-0.2, -0.15) is 5.10 Å². The molecule has 2 heterocycles. The fraction of sp³-hybridized carbons (Fsp3) is 0.667. The first-order chi connectivity index (χ1) is 8.33. The van der Waals surface area contributed by atoms with E-state index in [1.807, 2.05) is 16.9 Å². The van der Waals surface area contributed by atoms with Gasteiger partial charge in [0, 0.05) is 18.8 Å². The molecule has 1 saturated heterocycles. The largest absolute Gasteiger partial charge is 0.348 e. The molecular formula is C12H19ClN4O. The summed E-state index contributed by atoms with van der Waals surface area (Å²) in [6, 6.07) is 2.60. The Morgan fingerprint density at radius 1 is 1.44 bits per heavy atom. The van der Waals surface area contributed by atoms with E-state index in [0.29, 0.717) is 17.8 Å². The van der Waals surface area contributed by atoms with Crippen LogP contribution >= 0.6 is 12.4 Å². The molecule has 6 heteroatoms. The number of aromatic nitrogens is 2. The Hall–Kier alpha value is -1.07. The first-order valence-corrected chi connectivity index (χ1v) is 6.39. The highest BCUT2D eigenvalue weighted by Crippen LogP contribution is 2.19. The third-order valence-corrected chi connectivity index (χ3v) is 3.40. The molecule has 2 N–H and O–H groups in total. The van der Waals surface area contributed by atoms with Crippen molar-refractivity contribution in [1.29, 1.82) is 0 Å². The molecule has 18 heavy (non-hydrogen) atoms. The molecule has 1 aromatic heterocycles. The van der Waals surface area contributed by atoms with Crippen LogP contribution < -0.4 is 10.6 Å². The molecule has 1 saturated carbocycles. The zero-order valence-electron chi connectivity index (χ0n) is 10.3. The maximum Gasteiger partial charge on any atom is 0.271 e. The number of hydrogen-bond donors (Lipinski definition) is 2. The summed E-state index contributed by atoms with van der Waals surface area (Å²) in [4.78, 5) is 11.8. The molecule has 0 spiro atoms. The molecule has 1 atom stereocenters. The van der Waals surface area contributed by atoms with Crippen molar-refractivity contribution in [3.05, 3.63) is 18.0 Å². The fourth-order valence-electron chi connectivity index (χ4n) is 2.21. The van der Waals surface area contributed by atoms with Crippen LogP contribution in [0, 0.1) is 0 Å². The first kappa shape index (κ1) is 13.4. The van der Waals surface area contributed by atoms with Gasteiger partial charge in [0.1, 0.15) is 5.69 Å². The molecular weight excluding hydrogens is 252 g/mol. The van der Waals surface area contributed by atoms with Gasteiger partial charge in [-0.1, -0.05) is 0 Å². The van der Waals surface area contributed by atoms with Crippen LogP contribution in [0.3, 0.4) is 0 Å². The second kappa shape index (κ2) is 5.71. The van der Waals surface area contributed by atoms with Crippen LogP contribution in [0.2, 0.25) is 0 Å². The maximum absolute atomic E-state index is 11.8. The van der Waals surface area contributed by atoms with Crippen LogP contribution in [0.15, 0.2) is 12.3 Å². The summed E-state index contributed by atoms with van der Waals surface area (Å²) in [5.41, 5.74) is 0.544. The van der Waals surface area contributed by atoms with Crippen LogP contribution in [-0.4, -0.2) is 34.8 Å². The number of halogens is 1. The number of carbonyl (C=O) groups is 1. The second-order valence-corrected chi connectivity index (χ2v) is 4.93. The first-order valence-electron chi connectivity index (χ1n) is 6.39. The topological polar surface area (TPSA) is 59.0 Å². The molecule has 100 valence electrons. The van der Waals surface area contributed by atoms with Gasteiger partial charge in [0.25, 0.3) is 5.91 Å². The van der Waals surface area contributed by atoms with Gasteiger partial charge in [-0.3, -0.25) is 9.48 Å². The average molecular weight is 271 g/mol. The lowest BCUT2D eigenvalue weighted by Gasteiger charge is -2.22. The van der Waals surface area contributed by atoms with Crippen molar-refractivity contribution in [3.63, 3.8) is 0 Å². The summed E-state index contributed by atoms with van der Waals surface area (Å²) in [6.45, 7) is 2.04. The third-order valence-electron chi connectivity index (χ3n) is 3.40. The molecule has 1 unspecified atom stereocenters. The summed E-state index contributed by atoms with van der Waals surface area (Å²) in [6.07, 6.45) is 6.45. The molecule has 1 aliphatic carbocycles. The lowest BCUT2D eigenvalue weighted by atomic mass is 10.1. The van der Waals surface area contributed by atoms with Crippen LogP contribution in [0.5, 0.6) is 0 Å². The number of amides is 1. The zero-order chi connectivity index (χ0) is 11.7. The van der Waals surface area contributed by atoms with E-state index in [1.54, 1.807) is 0 Å². The predicted octanol–water partition coefficient (Wildman–Crippen LogP) is 1.12. The van der Waals surface area contributed by atoms with Gasteiger partial charge >= 0.3 is 0 Å². The van der Waals surface area contributed by atoms with Crippen LogP contribution in [-0.2, 0) is 0 Å². The molecule has 1 aromatic rings. The molecule has 3 rings (SSSR count). The zero-order valence-corrected chi connectivity index (χ0v) is 11.1. The molecule has 0 aromatic carbocycles. The van der Waals surface area contributed by atoms with Crippen molar-refractivity contribution in [2.45, 2.75) is 37.8 Å². The van der Waals surface area contributed by atoms with Gasteiger partial charge in [-0.15, -0.1) is 12.4 Å². The Balaban J connectivity index is 0.00000120. The van der Waals surface area contributed by atoms with Gasteiger partial charge < -0.3 is 10.6 Å². The monoisotopic (exact) mass is 270 g/mol. The number of rotatable bonds is 3. The normalized spacial score (nSPS) is 23.2. The van der Waals surface area contributed by atoms with E-state index in [4.69, 9.17) is 0 Å². The Morgan fingerprint density at radius 2 is 2.28 bits per heavy atom. The van der Waals surface area contributed by atoms with Crippen molar-refractivity contribution in [2.24, 2.45) is 0 Å². The van der Waals surface area contributed by atoms with Crippen LogP contribution in [0.25, 0.3) is 0 Å². The quantitative estimate of drug-likeness (QED) is 0.865. The van der Waals surface area contributed by atoms with Gasteiger partial charge in [0.2, 0.25) is 0 Å². The highest BCUT2D eigenvalue weighted by atomic mass is 35.5. The lowest BCUT2D eigenvalue weighted by molar-refractivity contribution is 0.0944. The van der Waals surface area contributed by atoms with Gasteiger partial charge in [0.15, 0.2) is 0 Å². The molecule has 2 aliphatic rings. The van der Waals surface area contributed by atoms with E-state index < -0.39 is 0 Å². The van der Waals surface area contributed by atoms with Crippen molar-refractivity contribution >= 4 is 18.3 Å². The van der Waals surface area contributed by atoms with Crippen molar-refractivity contribution in [2.75, 3.05) is 13.1 Å². The Labute approximate surface area is 113 Å². The lowest BCUT2D eigenvalue weighted by Crippen LogP contribution is -2.32. The van der Waals surface area contributed by atoms with E-state index in [1.165, 1.54) is 6.42 Å².